The summed E-state index contributed by atoms with van der Waals surface area (Å²) in [6.07, 6.45) is 5.09. The Morgan fingerprint density at radius 3 is 2.84 bits per heavy atom. The summed E-state index contributed by atoms with van der Waals surface area (Å²) in [6.45, 7) is 3.35. The van der Waals surface area contributed by atoms with Gasteiger partial charge in [-0.15, -0.1) is 0 Å². The van der Waals surface area contributed by atoms with Gasteiger partial charge in [-0.25, -0.2) is 0 Å². The molecule has 2 rings (SSSR count). The molecule has 3 N–H and O–H groups in total. The third kappa shape index (κ3) is 9.45. The van der Waals surface area contributed by atoms with Crippen LogP contribution in [0, 0.1) is 11.8 Å². The summed E-state index contributed by atoms with van der Waals surface area (Å²) >= 11 is 1.64. The predicted molar refractivity (Wildman–Crippen MR) is 127 cm³/mol. The van der Waals surface area contributed by atoms with Crippen LogP contribution in [0.1, 0.15) is 50.2 Å². The lowest BCUT2D eigenvalue weighted by molar-refractivity contribution is -0.137. The van der Waals surface area contributed by atoms with Gasteiger partial charge in [0.1, 0.15) is 5.78 Å². The summed E-state index contributed by atoms with van der Waals surface area (Å²) in [5, 5.41) is 29.5. The zero-order chi connectivity index (χ0) is 23.3. The van der Waals surface area contributed by atoms with E-state index in [4.69, 9.17) is 9.84 Å². The summed E-state index contributed by atoms with van der Waals surface area (Å²) in [6, 6.07) is 7.97. The number of ether oxygens (including phenoxy) is 1. The Bertz CT molecular complexity index is 750. The molecular formula is C25H36O6S. The molecule has 178 valence electrons. The number of carbonyl (C=O) groups is 2. The zero-order valence-electron chi connectivity index (χ0n) is 18.8. The molecule has 4 unspecified atom stereocenters. The minimum Gasteiger partial charge on any atom is -0.481 e. The van der Waals surface area contributed by atoms with Crippen LogP contribution in [0.5, 0.6) is 0 Å². The predicted octanol–water partition coefficient (Wildman–Crippen LogP) is 3.63. The third-order valence-corrected chi connectivity index (χ3v) is 6.70. The molecular weight excluding hydrogens is 428 g/mol. The lowest BCUT2D eigenvalue weighted by Crippen LogP contribution is -2.20. The van der Waals surface area contributed by atoms with Gasteiger partial charge in [0.05, 0.1) is 18.8 Å². The summed E-state index contributed by atoms with van der Waals surface area (Å²) in [4.78, 5) is 22.9. The van der Waals surface area contributed by atoms with Gasteiger partial charge < -0.3 is 20.1 Å². The number of aliphatic hydroxyl groups is 2. The maximum absolute atomic E-state index is 12.3. The monoisotopic (exact) mass is 464 g/mol. The molecule has 32 heavy (non-hydrogen) atoms. The third-order valence-electron chi connectivity index (χ3n) is 5.59. The van der Waals surface area contributed by atoms with Gasteiger partial charge >= 0.3 is 5.97 Å². The van der Waals surface area contributed by atoms with Crippen molar-refractivity contribution in [1.29, 1.82) is 0 Å². The summed E-state index contributed by atoms with van der Waals surface area (Å²) < 4.78 is 5.58. The quantitative estimate of drug-likeness (QED) is 0.269. The number of benzene rings is 1. The number of ketones is 1. The van der Waals surface area contributed by atoms with E-state index in [2.05, 4.69) is 6.92 Å². The van der Waals surface area contributed by atoms with Crippen molar-refractivity contribution < 1.29 is 29.6 Å². The van der Waals surface area contributed by atoms with Crippen molar-refractivity contribution >= 4 is 23.5 Å². The first-order chi connectivity index (χ1) is 15.4. The van der Waals surface area contributed by atoms with E-state index in [1.165, 1.54) is 0 Å². The molecule has 0 spiro atoms. The van der Waals surface area contributed by atoms with Gasteiger partial charge in [0.15, 0.2) is 0 Å². The molecule has 0 bridgehead atoms. The first kappa shape index (κ1) is 26.6. The number of hydrogen-bond acceptors (Lipinski definition) is 6. The van der Waals surface area contributed by atoms with Crippen LogP contribution in [0.2, 0.25) is 0 Å². The summed E-state index contributed by atoms with van der Waals surface area (Å²) in [5.41, 5.74) is 2.09. The van der Waals surface area contributed by atoms with Gasteiger partial charge in [-0.05, 0) is 41.9 Å². The van der Waals surface area contributed by atoms with Crippen LogP contribution in [-0.2, 0) is 27.4 Å². The first-order valence-electron chi connectivity index (χ1n) is 11.4. The van der Waals surface area contributed by atoms with Crippen molar-refractivity contribution in [3.63, 3.8) is 0 Å². The molecule has 1 fully saturated rings. The van der Waals surface area contributed by atoms with E-state index in [9.17, 15) is 19.8 Å². The Labute approximate surface area is 195 Å². The Hall–Kier alpha value is -1.67. The molecule has 6 nitrogen and oxygen atoms in total. The van der Waals surface area contributed by atoms with Crippen LogP contribution in [0.25, 0.3) is 0 Å². The molecule has 1 aromatic rings. The number of carboxylic acids is 1. The van der Waals surface area contributed by atoms with Gasteiger partial charge in [0.25, 0.3) is 0 Å². The highest BCUT2D eigenvalue weighted by molar-refractivity contribution is 7.99. The highest BCUT2D eigenvalue weighted by atomic mass is 32.2. The van der Waals surface area contributed by atoms with E-state index in [1.54, 1.807) is 23.9 Å². The van der Waals surface area contributed by atoms with E-state index in [1.807, 2.05) is 24.3 Å². The molecule has 1 aliphatic carbocycles. The molecule has 0 radical (unpaired) electrons. The molecule has 1 aromatic carbocycles. The van der Waals surface area contributed by atoms with Crippen LogP contribution in [0.3, 0.4) is 0 Å². The van der Waals surface area contributed by atoms with Crippen molar-refractivity contribution in [2.45, 2.75) is 64.3 Å². The Kier molecular flexibility index (Phi) is 12.0. The molecule has 0 amide bonds. The lowest BCUT2D eigenvalue weighted by Gasteiger charge is -2.18. The normalized spacial score (nSPS) is 22.0. The van der Waals surface area contributed by atoms with Crippen LogP contribution in [0.4, 0.5) is 0 Å². The maximum atomic E-state index is 12.3. The van der Waals surface area contributed by atoms with Gasteiger partial charge in [0, 0.05) is 37.7 Å². The average Bonchev–Trinajstić information content (AvgIpc) is 3.01. The molecule has 0 saturated heterocycles. The maximum Gasteiger partial charge on any atom is 0.303 e. The van der Waals surface area contributed by atoms with E-state index in [0.29, 0.717) is 25.9 Å². The molecule has 4 atom stereocenters. The molecule has 1 saturated carbocycles. The fourth-order valence-electron chi connectivity index (χ4n) is 3.98. The average molecular weight is 465 g/mol. The minimum absolute atomic E-state index is 0.0626. The van der Waals surface area contributed by atoms with E-state index in [0.717, 1.165) is 35.7 Å². The van der Waals surface area contributed by atoms with Crippen LogP contribution in [-0.4, -0.2) is 57.4 Å². The number of aliphatic hydroxyl groups excluding tert-OH is 2. The van der Waals surface area contributed by atoms with Gasteiger partial charge in [-0.1, -0.05) is 43.3 Å². The second-order valence-corrected chi connectivity index (χ2v) is 9.57. The number of carboxylic acid groups (broad SMARTS) is 1. The number of thioether (sulfide) groups is 1. The Balaban J connectivity index is 1.84. The molecule has 0 heterocycles. The molecule has 7 heteroatoms. The minimum atomic E-state index is -0.792. The number of rotatable bonds is 15. The molecule has 1 aliphatic rings. The van der Waals surface area contributed by atoms with Gasteiger partial charge in [0.2, 0.25) is 0 Å². The number of aliphatic carboxylic acids is 1. The fourth-order valence-corrected chi connectivity index (χ4v) is 4.95. The van der Waals surface area contributed by atoms with Crippen molar-refractivity contribution in [1.82, 2.24) is 0 Å². The summed E-state index contributed by atoms with van der Waals surface area (Å²) in [7, 11) is 0. The van der Waals surface area contributed by atoms with Crippen molar-refractivity contribution in [2.75, 3.05) is 18.1 Å². The second kappa shape index (κ2) is 14.5. The van der Waals surface area contributed by atoms with Crippen LogP contribution >= 0.6 is 11.8 Å². The van der Waals surface area contributed by atoms with Gasteiger partial charge in [-0.3, -0.25) is 9.59 Å². The topological polar surface area (TPSA) is 104 Å². The smallest absolute Gasteiger partial charge is 0.303 e. The Morgan fingerprint density at radius 2 is 2.09 bits per heavy atom. The SMILES string of the molecule is CCCOCc1cccc(CC(O)/C=C/C2C(O)CC(=O)C2CCSCCCC(=O)O)c1. The zero-order valence-corrected chi connectivity index (χ0v) is 19.6. The van der Waals surface area contributed by atoms with E-state index < -0.39 is 18.2 Å². The molecule has 0 aromatic heterocycles. The second-order valence-electron chi connectivity index (χ2n) is 8.35. The van der Waals surface area contributed by atoms with E-state index in [-0.39, 0.29) is 30.5 Å². The highest BCUT2D eigenvalue weighted by Gasteiger charge is 2.39. The fraction of sp³-hybridized carbons (Fsp3) is 0.600. The van der Waals surface area contributed by atoms with Gasteiger partial charge in [-0.2, -0.15) is 11.8 Å². The Morgan fingerprint density at radius 1 is 1.31 bits per heavy atom. The number of hydrogen-bond donors (Lipinski definition) is 3. The standard InChI is InChI=1S/C25H36O6S/c1-2-11-31-17-19-6-3-5-18(14-19)15-20(26)8-9-21-22(24(28)16-23(21)27)10-13-32-12-4-7-25(29)30/h3,5-6,8-9,14,20-23,26-27H,2,4,7,10-13,15-17H2,1H3,(H,29,30)/b9-8+. The molecule has 0 aliphatic heterocycles. The largest absolute Gasteiger partial charge is 0.481 e. The van der Waals surface area contributed by atoms with Crippen molar-refractivity contribution in [2.24, 2.45) is 11.8 Å². The van der Waals surface area contributed by atoms with E-state index >= 15 is 0 Å². The number of carbonyl (C=O) groups excluding carboxylic acids is 1. The van der Waals surface area contributed by atoms with Crippen molar-refractivity contribution in [3.05, 3.63) is 47.5 Å². The first-order valence-corrected chi connectivity index (χ1v) is 12.6. The lowest BCUT2D eigenvalue weighted by atomic mass is 9.91. The summed E-state index contributed by atoms with van der Waals surface area (Å²) in [5.74, 6) is 0.234. The van der Waals surface area contributed by atoms with Crippen LogP contribution < -0.4 is 0 Å². The van der Waals surface area contributed by atoms with Crippen molar-refractivity contribution in [3.8, 4) is 0 Å². The highest BCUT2D eigenvalue weighted by Crippen LogP contribution is 2.34. The van der Waals surface area contributed by atoms with Crippen LogP contribution in [0.15, 0.2) is 36.4 Å². The number of Topliss-reactive ketones (excluding diaryl/α,β-unsaturated/α-hetero) is 1.